The molecule has 0 atom stereocenters. The van der Waals surface area contributed by atoms with Crippen LogP contribution in [0.4, 0.5) is 11.5 Å². The van der Waals surface area contributed by atoms with Crippen molar-refractivity contribution in [3.8, 4) is 11.4 Å². The summed E-state index contributed by atoms with van der Waals surface area (Å²) in [5.41, 5.74) is 11.7. The van der Waals surface area contributed by atoms with Gasteiger partial charge in [-0.25, -0.2) is 9.97 Å². The molecule has 0 saturated carbocycles. The van der Waals surface area contributed by atoms with Crippen LogP contribution in [0.5, 0.6) is 0 Å². The Kier molecular flexibility index (Phi) is 4.38. The molecule has 0 saturated heterocycles. The summed E-state index contributed by atoms with van der Waals surface area (Å²) in [6.07, 6.45) is 1.75. The first kappa shape index (κ1) is 18.0. The number of benzene rings is 2. The molecule has 5 aromatic rings. The van der Waals surface area contributed by atoms with Crippen molar-refractivity contribution < 1.29 is 0 Å². The number of fused-ring (bicyclic) bond motifs is 3. The quantitative estimate of drug-likeness (QED) is 0.388. The highest BCUT2D eigenvalue weighted by molar-refractivity contribution is 7.09. The largest absolute Gasteiger partial charge is 0.382 e. The number of nitrogens with one attached hydrogen (secondary N) is 1. The highest BCUT2D eigenvalue weighted by Gasteiger charge is 2.17. The van der Waals surface area contributed by atoms with E-state index in [0.717, 1.165) is 45.7 Å². The van der Waals surface area contributed by atoms with Gasteiger partial charge in [-0.05, 0) is 48.2 Å². The SMILES string of the molecule is Cc1cccc(Cl)c1-c1ncc2c(N)nc3cc(NCc4cccs4)ccc3n12. The lowest BCUT2D eigenvalue weighted by Gasteiger charge is -2.12. The van der Waals surface area contributed by atoms with Crippen LogP contribution in [0.15, 0.2) is 60.1 Å². The number of imidazole rings is 1. The number of anilines is 2. The Morgan fingerprint density at radius 3 is 2.83 bits per heavy atom. The van der Waals surface area contributed by atoms with E-state index in [9.17, 15) is 0 Å². The van der Waals surface area contributed by atoms with Crippen molar-refractivity contribution in [2.45, 2.75) is 13.5 Å². The maximum atomic E-state index is 6.52. The molecule has 3 aromatic heterocycles. The molecule has 3 N–H and O–H groups in total. The van der Waals surface area contributed by atoms with Gasteiger partial charge in [0.05, 0.1) is 22.3 Å². The number of hydrogen-bond donors (Lipinski definition) is 2. The number of aryl methyl sites for hydroxylation is 1. The maximum absolute atomic E-state index is 6.52. The summed E-state index contributed by atoms with van der Waals surface area (Å²) in [5.74, 6) is 1.21. The lowest BCUT2D eigenvalue weighted by Crippen LogP contribution is -2.02. The normalized spacial score (nSPS) is 11.4. The Hall–Kier alpha value is -3.09. The summed E-state index contributed by atoms with van der Waals surface area (Å²) < 4.78 is 2.04. The fourth-order valence-corrected chi connectivity index (χ4v) is 4.52. The zero-order valence-electron chi connectivity index (χ0n) is 15.7. The molecule has 0 bridgehead atoms. The molecule has 144 valence electrons. The minimum atomic E-state index is 0.441. The second kappa shape index (κ2) is 7.06. The van der Waals surface area contributed by atoms with Crippen LogP contribution in [0.2, 0.25) is 5.02 Å². The molecule has 0 aliphatic carbocycles. The average Bonchev–Trinajstić information content (AvgIpc) is 3.37. The van der Waals surface area contributed by atoms with Gasteiger partial charge in [0.1, 0.15) is 17.2 Å². The number of hydrogen-bond acceptors (Lipinski definition) is 5. The zero-order valence-corrected chi connectivity index (χ0v) is 17.3. The van der Waals surface area contributed by atoms with Crippen LogP contribution in [0.1, 0.15) is 10.4 Å². The van der Waals surface area contributed by atoms with Crippen molar-refractivity contribution in [1.82, 2.24) is 14.4 Å². The van der Waals surface area contributed by atoms with Gasteiger partial charge in [-0.2, -0.15) is 0 Å². The van der Waals surface area contributed by atoms with Crippen molar-refractivity contribution in [3.05, 3.63) is 75.6 Å². The van der Waals surface area contributed by atoms with Gasteiger partial charge >= 0.3 is 0 Å². The molecule has 0 unspecified atom stereocenters. The molecule has 0 aliphatic heterocycles. The minimum absolute atomic E-state index is 0.441. The van der Waals surface area contributed by atoms with E-state index in [1.165, 1.54) is 4.88 Å². The molecular formula is C22H18ClN5S. The van der Waals surface area contributed by atoms with Crippen LogP contribution in [0.3, 0.4) is 0 Å². The minimum Gasteiger partial charge on any atom is -0.382 e. The lowest BCUT2D eigenvalue weighted by atomic mass is 10.1. The van der Waals surface area contributed by atoms with Gasteiger partial charge in [0.2, 0.25) is 0 Å². The third-order valence-corrected chi connectivity index (χ3v) is 6.17. The monoisotopic (exact) mass is 419 g/mol. The maximum Gasteiger partial charge on any atom is 0.150 e. The summed E-state index contributed by atoms with van der Waals surface area (Å²) >= 11 is 8.25. The predicted molar refractivity (Wildman–Crippen MR) is 122 cm³/mol. The van der Waals surface area contributed by atoms with E-state index < -0.39 is 0 Å². The van der Waals surface area contributed by atoms with Crippen LogP contribution < -0.4 is 11.1 Å². The van der Waals surface area contributed by atoms with Crippen LogP contribution >= 0.6 is 22.9 Å². The Balaban J connectivity index is 1.66. The fourth-order valence-electron chi connectivity index (χ4n) is 3.57. The topological polar surface area (TPSA) is 68.2 Å². The van der Waals surface area contributed by atoms with E-state index in [2.05, 4.69) is 38.9 Å². The molecule has 0 aliphatic rings. The molecule has 0 radical (unpaired) electrons. The molecule has 2 aromatic carbocycles. The smallest absolute Gasteiger partial charge is 0.150 e. The van der Waals surface area contributed by atoms with E-state index in [4.69, 9.17) is 17.3 Å². The number of nitrogens with zero attached hydrogens (tertiary/aromatic N) is 3. The van der Waals surface area contributed by atoms with Gasteiger partial charge in [0.25, 0.3) is 0 Å². The van der Waals surface area contributed by atoms with E-state index in [1.807, 2.05) is 41.7 Å². The van der Waals surface area contributed by atoms with E-state index in [-0.39, 0.29) is 0 Å². The molecule has 29 heavy (non-hydrogen) atoms. The van der Waals surface area contributed by atoms with Crippen molar-refractivity contribution in [2.75, 3.05) is 11.1 Å². The summed E-state index contributed by atoms with van der Waals surface area (Å²) in [4.78, 5) is 10.5. The molecular weight excluding hydrogens is 402 g/mol. The molecule has 0 fully saturated rings. The molecule has 5 nitrogen and oxygen atoms in total. The highest BCUT2D eigenvalue weighted by atomic mass is 35.5. The molecule has 0 spiro atoms. The first-order valence-electron chi connectivity index (χ1n) is 9.20. The van der Waals surface area contributed by atoms with Crippen molar-refractivity contribution in [3.63, 3.8) is 0 Å². The highest BCUT2D eigenvalue weighted by Crippen LogP contribution is 2.34. The number of thiophene rings is 1. The van der Waals surface area contributed by atoms with Crippen LogP contribution in [0.25, 0.3) is 27.9 Å². The second-order valence-electron chi connectivity index (χ2n) is 6.87. The second-order valence-corrected chi connectivity index (χ2v) is 8.31. The number of rotatable bonds is 4. The molecule has 5 rings (SSSR count). The summed E-state index contributed by atoms with van der Waals surface area (Å²) in [5, 5.41) is 6.19. The number of halogens is 1. The Morgan fingerprint density at radius 2 is 2.03 bits per heavy atom. The standard InChI is InChI=1S/C22H18ClN5S/c1-13-4-2-6-16(23)20(13)22-26-12-19-21(24)27-17-10-14(7-8-18(17)28(19)22)25-11-15-5-3-9-29-15/h2-10,12,25H,11H2,1H3,(H2,24,27). The van der Waals surface area contributed by atoms with E-state index in [0.29, 0.717) is 10.8 Å². The summed E-state index contributed by atoms with van der Waals surface area (Å²) in [6, 6.07) is 16.1. The number of aromatic nitrogens is 3. The van der Waals surface area contributed by atoms with Gasteiger partial charge in [-0.1, -0.05) is 29.8 Å². The van der Waals surface area contributed by atoms with Gasteiger partial charge in [-0.3, -0.25) is 4.40 Å². The van der Waals surface area contributed by atoms with E-state index >= 15 is 0 Å². The van der Waals surface area contributed by atoms with Gasteiger partial charge in [-0.15, -0.1) is 11.3 Å². The summed E-state index contributed by atoms with van der Waals surface area (Å²) in [7, 11) is 0. The third kappa shape index (κ3) is 3.10. The fraction of sp³-hybridized carbons (Fsp3) is 0.0909. The van der Waals surface area contributed by atoms with Crippen LogP contribution in [-0.2, 0) is 6.54 Å². The van der Waals surface area contributed by atoms with Crippen molar-refractivity contribution in [2.24, 2.45) is 0 Å². The first-order chi connectivity index (χ1) is 14.1. The van der Waals surface area contributed by atoms with E-state index in [1.54, 1.807) is 17.5 Å². The lowest BCUT2D eigenvalue weighted by molar-refractivity contribution is 1.17. The molecule has 3 heterocycles. The Bertz CT molecular complexity index is 1320. The van der Waals surface area contributed by atoms with Crippen LogP contribution in [0, 0.1) is 6.92 Å². The van der Waals surface area contributed by atoms with Crippen molar-refractivity contribution >= 4 is 51.0 Å². The predicted octanol–water partition coefficient (Wildman–Crippen LogP) is 5.77. The van der Waals surface area contributed by atoms with Gasteiger partial charge in [0.15, 0.2) is 0 Å². The Labute approximate surface area is 176 Å². The number of nitrogens with two attached hydrogens (primary N) is 1. The number of nitrogen functional groups attached to an aromatic ring is 1. The van der Waals surface area contributed by atoms with Gasteiger partial charge < -0.3 is 11.1 Å². The summed E-state index contributed by atoms with van der Waals surface area (Å²) in [6.45, 7) is 2.80. The Morgan fingerprint density at radius 1 is 1.14 bits per heavy atom. The zero-order chi connectivity index (χ0) is 20.0. The average molecular weight is 420 g/mol. The molecule has 7 heteroatoms. The van der Waals surface area contributed by atoms with Crippen LogP contribution in [-0.4, -0.2) is 14.4 Å². The van der Waals surface area contributed by atoms with Crippen molar-refractivity contribution in [1.29, 1.82) is 0 Å². The first-order valence-corrected chi connectivity index (χ1v) is 10.5. The molecule has 0 amide bonds. The third-order valence-electron chi connectivity index (χ3n) is 4.97. The van der Waals surface area contributed by atoms with Gasteiger partial charge in [0, 0.05) is 22.7 Å².